The van der Waals surface area contributed by atoms with Gasteiger partial charge in [-0.2, -0.15) is 0 Å². The molecule has 1 aromatic heterocycles. The zero-order valence-electron chi connectivity index (χ0n) is 13.8. The standard InChI is InChI=1S/C18H17N3O4S/c22-10-16(23)20-5-6-21-14(9-20)17(24)19-13-4-3-11(8-12(13)18(21)25)15-2-1-7-26-15/h1-4,7-8,14,22H,5-6,9-10H2,(H,19,24). The monoisotopic (exact) mass is 371 g/mol. The van der Waals surface area contributed by atoms with Crippen LogP contribution in [0.15, 0.2) is 35.7 Å². The Balaban J connectivity index is 1.68. The summed E-state index contributed by atoms with van der Waals surface area (Å²) < 4.78 is 0. The fraction of sp³-hybridized carbons (Fsp3) is 0.278. The van der Waals surface area contributed by atoms with E-state index in [1.165, 1.54) is 9.80 Å². The van der Waals surface area contributed by atoms with Crippen molar-refractivity contribution in [2.24, 2.45) is 0 Å². The Morgan fingerprint density at radius 3 is 2.85 bits per heavy atom. The molecule has 1 atom stereocenters. The van der Waals surface area contributed by atoms with E-state index in [-0.39, 0.29) is 24.9 Å². The molecule has 26 heavy (non-hydrogen) atoms. The van der Waals surface area contributed by atoms with Crippen LogP contribution in [0.5, 0.6) is 0 Å². The molecule has 8 heteroatoms. The van der Waals surface area contributed by atoms with Gasteiger partial charge in [0.05, 0.1) is 17.8 Å². The van der Waals surface area contributed by atoms with Crippen LogP contribution in [0.25, 0.3) is 10.4 Å². The number of anilines is 1. The van der Waals surface area contributed by atoms with E-state index >= 15 is 0 Å². The van der Waals surface area contributed by atoms with Gasteiger partial charge in [-0.1, -0.05) is 12.1 Å². The number of thiophene rings is 1. The molecule has 134 valence electrons. The summed E-state index contributed by atoms with van der Waals surface area (Å²) in [6.45, 7) is 0.0373. The maximum atomic E-state index is 13.1. The number of fused-ring (bicyclic) bond motifs is 2. The topological polar surface area (TPSA) is 90.0 Å². The molecule has 2 aliphatic rings. The second-order valence-corrected chi connectivity index (χ2v) is 7.19. The summed E-state index contributed by atoms with van der Waals surface area (Å²) in [4.78, 5) is 41.4. The van der Waals surface area contributed by atoms with Crippen molar-refractivity contribution in [3.05, 3.63) is 41.3 Å². The number of hydrogen-bond donors (Lipinski definition) is 2. The molecule has 1 aromatic carbocycles. The molecule has 0 spiro atoms. The van der Waals surface area contributed by atoms with Crippen molar-refractivity contribution < 1.29 is 19.5 Å². The lowest BCUT2D eigenvalue weighted by Gasteiger charge is -2.39. The molecular weight excluding hydrogens is 354 g/mol. The Morgan fingerprint density at radius 2 is 2.12 bits per heavy atom. The largest absolute Gasteiger partial charge is 0.387 e. The van der Waals surface area contributed by atoms with E-state index < -0.39 is 18.6 Å². The first-order valence-corrected chi connectivity index (χ1v) is 9.15. The van der Waals surface area contributed by atoms with E-state index in [9.17, 15) is 14.4 Å². The van der Waals surface area contributed by atoms with Gasteiger partial charge in [0.25, 0.3) is 5.91 Å². The average molecular weight is 371 g/mol. The number of hydrogen-bond acceptors (Lipinski definition) is 5. The van der Waals surface area contributed by atoms with Crippen LogP contribution in [0.4, 0.5) is 5.69 Å². The van der Waals surface area contributed by atoms with Gasteiger partial charge in [0.1, 0.15) is 12.6 Å². The Hall–Kier alpha value is -2.71. The third kappa shape index (κ3) is 2.77. The summed E-state index contributed by atoms with van der Waals surface area (Å²) in [6, 6.07) is 8.60. The highest BCUT2D eigenvalue weighted by Crippen LogP contribution is 2.31. The van der Waals surface area contributed by atoms with E-state index in [4.69, 9.17) is 5.11 Å². The number of aliphatic hydroxyl groups excluding tert-OH is 1. The molecule has 0 aliphatic carbocycles. The second-order valence-electron chi connectivity index (χ2n) is 6.24. The molecule has 0 radical (unpaired) electrons. The minimum absolute atomic E-state index is 0.0860. The number of benzene rings is 1. The Kier molecular flexibility index (Phi) is 4.21. The summed E-state index contributed by atoms with van der Waals surface area (Å²) in [5.41, 5.74) is 1.86. The van der Waals surface area contributed by atoms with Crippen LogP contribution in [0.3, 0.4) is 0 Å². The van der Waals surface area contributed by atoms with Gasteiger partial charge in [-0.05, 0) is 29.1 Å². The number of amides is 3. The lowest BCUT2D eigenvalue weighted by molar-refractivity contribution is -0.138. The molecule has 1 saturated heterocycles. The van der Waals surface area contributed by atoms with Gasteiger partial charge in [0.2, 0.25) is 11.8 Å². The van der Waals surface area contributed by atoms with Gasteiger partial charge in [-0.3, -0.25) is 14.4 Å². The first-order valence-electron chi connectivity index (χ1n) is 8.27. The number of rotatable bonds is 2. The first kappa shape index (κ1) is 16.7. The lowest BCUT2D eigenvalue weighted by atomic mass is 10.1. The van der Waals surface area contributed by atoms with Crippen LogP contribution >= 0.6 is 11.3 Å². The van der Waals surface area contributed by atoms with E-state index in [0.29, 0.717) is 17.8 Å². The minimum atomic E-state index is -0.760. The Bertz CT molecular complexity index is 881. The third-order valence-electron chi connectivity index (χ3n) is 4.75. The molecule has 1 fully saturated rings. The fourth-order valence-electron chi connectivity index (χ4n) is 3.37. The van der Waals surface area contributed by atoms with Gasteiger partial charge in [0.15, 0.2) is 0 Å². The van der Waals surface area contributed by atoms with E-state index in [1.54, 1.807) is 23.5 Å². The molecule has 3 amide bonds. The Labute approximate surface area is 153 Å². The molecule has 2 aliphatic heterocycles. The van der Waals surface area contributed by atoms with Crippen molar-refractivity contribution in [1.82, 2.24) is 9.80 Å². The molecular formula is C18H17N3O4S. The van der Waals surface area contributed by atoms with Crippen molar-refractivity contribution in [3.63, 3.8) is 0 Å². The van der Waals surface area contributed by atoms with Gasteiger partial charge in [-0.25, -0.2) is 0 Å². The zero-order valence-corrected chi connectivity index (χ0v) is 14.7. The number of carbonyl (C=O) groups excluding carboxylic acids is 3. The van der Waals surface area contributed by atoms with Crippen LogP contribution in [0.1, 0.15) is 10.4 Å². The van der Waals surface area contributed by atoms with Crippen LogP contribution < -0.4 is 5.32 Å². The summed E-state index contributed by atoms with van der Waals surface area (Å²) in [6.07, 6.45) is 0. The minimum Gasteiger partial charge on any atom is -0.387 e. The number of nitrogens with zero attached hydrogens (tertiary/aromatic N) is 2. The summed E-state index contributed by atoms with van der Waals surface area (Å²) in [5.74, 6) is -0.985. The van der Waals surface area contributed by atoms with Gasteiger partial charge in [0, 0.05) is 18.0 Å². The first-order chi connectivity index (χ1) is 12.6. The third-order valence-corrected chi connectivity index (χ3v) is 5.66. The van der Waals surface area contributed by atoms with Crippen molar-refractivity contribution >= 4 is 34.7 Å². The average Bonchev–Trinajstić information content (AvgIpc) is 3.18. The molecule has 0 saturated carbocycles. The van der Waals surface area contributed by atoms with E-state index in [2.05, 4.69) is 5.32 Å². The van der Waals surface area contributed by atoms with Crippen molar-refractivity contribution in [1.29, 1.82) is 0 Å². The van der Waals surface area contributed by atoms with Crippen molar-refractivity contribution in [3.8, 4) is 10.4 Å². The number of nitrogens with one attached hydrogen (secondary N) is 1. The molecule has 3 heterocycles. The number of carbonyl (C=O) groups is 3. The zero-order chi connectivity index (χ0) is 18.3. The van der Waals surface area contributed by atoms with Gasteiger partial charge >= 0.3 is 0 Å². The molecule has 1 unspecified atom stereocenters. The summed E-state index contributed by atoms with van der Waals surface area (Å²) in [7, 11) is 0. The van der Waals surface area contributed by atoms with Crippen LogP contribution in [-0.2, 0) is 9.59 Å². The van der Waals surface area contributed by atoms with E-state index in [0.717, 1.165) is 10.4 Å². The Morgan fingerprint density at radius 1 is 1.27 bits per heavy atom. The molecule has 4 rings (SSSR count). The van der Waals surface area contributed by atoms with Gasteiger partial charge in [-0.15, -0.1) is 11.3 Å². The SMILES string of the molecule is O=C1Nc2ccc(-c3cccs3)cc2C(=O)N2CCN(C(=O)CO)CC12. The van der Waals surface area contributed by atoms with Crippen molar-refractivity contribution in [2.75, 3.05) is 31.6 Å². The maximum Gasteiger partial charge on any atom is 0.256 e. The van der Waals surface area contributed by atoms with Crippen LogP contribution in [0.2, 0.25) is 0 Å². The maximum absolute atomic E-state index is 13.1. The highest BCUT2D eigenvalue weighted by molar-refractivity contribution is 7.13. The molecule has 2 aromatic rings. The van der Waals surface area contributed by atoms with Crippen molar-refractivity contribution in [2.45, 2.75) is 6.04 Å². The molecule has 7 nitrogen and oxygen atoms in total. The van der Waals surface area contributed by atoms with Crippen LogP contribution in [0, 0.1) is 0 Å². The highest BCUT2D eigenvalue weighted by Gasteiger charge is 2.40. The number of aliphatic hydroxyl groups is 1. The predicted molar refractivity (Wildman–Crippen MR) is 96.9 cm³/mol. The normalized spacial score (nSPS) is 19.5. The fourth-order valence-corrected chi connectivity index (χ4v) is 4.10. The van der Waals surface area contributed by atoms with Crippen LogP contribution in [-0.4, -0.2) is 64.9 Å². The quantitative estimate of drug-likeness (QED) is 0.825. The van der Waals surface area contributed by atoms with Gasteiger partial charge < -0.3 is 20.2 Å². The predicted octanol–water partition coefficient (Wildman–Crippen LogP) is 1.01. The summed E-state index contributed by atoms with van der Waals surface area (Å²) in [5, 5.41) is 13.8. The highest BCUT2D eigenvalue weighted by atomic mass is 32.1. The molecule has 2 N–H and O–H groups in total. The number of piperazine rings is 1. The second kappa shape index (κ2) is 6.54. The lowest BCUT2D eigenvalue weighted by Crippen LogP contribution is -2.59. The molecule has 0 bridgehead atoms. The smallest absolute Gasteiger partial charge is 0.256 e. The van der Waals surface area contributed by atoms with E-state index in [1.807, 2.05) is 23.6 Å². The summed E-state index contributed by atoms with van der Waals surface area (Å²) >= 11 is 1.58.